The number of anilines is 1. The first-order chi connectivity index (χ1) is 11.6. The number of ether oxygens (including phenoxy) is 2. The van der Waals surface area contributed by atoms with E-state index in [0.717, 1.165) is 19.2 Å². The van der Waals surface area contributed by atoms with Crippen LogP contribution in [0.2, 0.25) is 0 Å². The average Bonchev–Trinajstić information content (AvgIpc) is 3.08. The van der Waals surface area contributed by atoms with E-state index < -0.39 is 11.7 Å². The molecule has 0 aromatic carbocycles. The number of hydrogen-bond donors (Lipinski definition) is 1. The SMILES string of the molecule is Cc1cc(OC[C@@H]2CCOC2)cc(C(=O)Nc2ccc(F)cn2)n1. The molecule has 24 heavy (non-hydrogen) atoms. The number of rotatable bonds is 5. The van der Waals surface area contributed by atoms with Gasteiger partial charge in [0, 0.05) is 30.4 Å². The molecule has 0 aliphatic carbocycles. The van der Waals surface area contributed by atoms with Crippen LogP contribution in [0.1, 0.15) is 22.6 Å². The summed E-state index contributed by atoms with van der Waals surface area (Å²) in [4.78, 5) is 20.3. The Hall–Kier alpha value is -2.54. The van der Waals surface area contributed by atoms with Crippen molar-refractivity contribution in [1.82, 2.24) is 9.97 Å². The highest BCUT2D eigenvalue weighted by atomic mass is 19.1. The third-order valence-corrected chi connectivity index (χ3v) is 3.64. The molecule has 1 amide bonds. The molecule has 6 nitrogen and oxygen atoms in total. The Kier molecular flexibility index (Phi) is 5.00. The molecule has 0 radical (unpaired) electrons. The molecule has 1 N–H and O–H groups in total. The van der Waals surface area contributed by atoms with Gasteiger partial charge in [0.15, 0.2) is 0 Å². The molecule has 1 aliphatic heterocycles. The monoisotopic (exact) mass is 331 g/mol. The molecular weight excluding hydrogens is 313 g/mol. The first-order valence-electron chi connectivity index (χ1n) is 7.72. The Labute approximate surface area is 139 Å². The molecule has 1 saturated heterocycles. The van der Waals surface area contributed by atoms with Crippen LogP contribution >= 0.6 is 0 Å². The van der Waals surface area contributed by atoms with Crippen LogP contribution in [0.25, 0.3) is 0 Å². The Morgan fingerprint density at radius 3 is 3.04 bits per heavy atom. The van der Waals surface area contributed by atoms with Crippen LogP contribution in [0.3, 0.4) is 0 Å². The van der Waals surface area contributed by atoms with E-state index >= 15 is 0 Å². The van der Waals surface area contributed by atoms with Crippen molar-refractivity contribution in [2.45, 2.75) is 13.3 Å². The largest absolute Gasteiger partial charge is 0.493 e. The predicted molar refractivity (Wildman–Crippen MR) is 85.5 cm³/mol. The van der Waals surface area contributed by atoms with Gasteiger partial charge in [-0.2, -0.15) is 0 Å². The highest BCUT2D eigenvalue weighted by Crippen LogP contribution is 2.19. The lowest BCUT2D eigenvalue weighted by Gasteiger charge is -2.12. The maximum Gasteiger partial charge on any atom is 0.275 e. The van der Waals surface area contributed by atoms with Gasteiger partial charge in [0.05, 0.1) is 19.4 Å². The summed E-state index contributed by atoms with van der Waals surface area (Å²) < 4.78 is 23.9. The van der Waals surface area contributed by atoms with E-state index in [9.17, 15) is 9.18 Å². The number of nitrogens with one attached hydrogen (secondary N) is 1. The summed E-state index contributed by atoms with van der Waals surface area (Å²) in [6.07, 6.45) is 2.02. The van der Waals surface area contributed by atoms with Crippen molar-refractivity contribution in [3.8, 4) is 5.75 Å². The van der Waals surface area contributed by atoms with Gasteiger partial charge in [-0.1, -0.05) is 0 Å². The lowest BCUT2D eigenvalue weighted by Crippen LogP contribution is -2.16. The zero-order valence-electron chi connectivity index (χ0n) is 13.3. The van der Waals surface area contributed by atoms with Gasteiger partial charge in [-0.3, -0.25) is 4.79 Å². The van der Waals surface area contributed by atoms with Crippen molar-refractivity contribution in [3.05, 3.63) is 47.7 Å². The lowest BCUT2D eigenvalue weighted by molar-refractivity contribution is 0.102. The minimum atomic E-state index is -0.465. The number of carbonyl (C=O) groups is 1. The quantitative estimate of drug-likeness (QED) is 0.911. The second-order valence-corrected chi connectivity index (χ2v) is 5.69. The molecule has 126 valence electrons. The summed E-state index contributed by atoms with van der Waals surface area (Å²) in [5.74, 6) is 0.334. The van der Waals surface area contributed by atoms with Gasteiger partial charge in [0.1, 0.15) is 23.1 Å². The number of pyridine rings is 2. The first-order valence-corrected chi connectivity index (χ1v) is 7.72. The molecule has 3 heterocycles. The van der Waals surface area contributed by atoms with Crippen LogP contribution in [0.15, 0.2) is 30.5 Å². The molecule has 0 spiro atoms. The van der Waals surface area contributed by atoms with Gasteiger partial charge < -0.3 is 14.8 Å². The van der Waals surface area contributed by atoms with Crippen LogP contribution in [0, 0.1) is 18.7 Å². The van der Waals surface area contributed by atoms with Gasteiger partial charge >= 0.3 is 0 Å². The molecule has 3 rings (SSSR count). The molecule has 1 atom stereocenters. The van der Waals surface area contributed by atoms with Crippen LogP contribution in [-0.2, 0) is 4.74 Å². The number of halogens is 1. The molecule has 2 aromatic rings. The summed E-state index contributed by atoms with van der Waals surface area (Å²) in [5, 5.41) is 2.58. The predicted octanol–water partition coefficient (Wildman–Crippen LogP) is 2.59. The van der Waals surface area contributed by atoms with Crippen molar-refractivity contribution in [2.24, 2.45) is 5.92 Å². The Bertz CT molecular complexity index is 716. The normalized spacial score (nSPS) is 16.8. The molecule has 1 fully saturated rings. The van der Waals surface area contributed by atoms with E-state index in [1.165, 1.54) is 12.1 Å². The second-order valence-electron chi connectivity index (χ2n) is 5.69. The minimum Gasteiger partial charge on any atom is -0.493 e. The van der Waals surface area contributed by atoms with E-state index in [2.05, 4.69) is 15.3 Å². The third-order valence-electron chi connectivity index (χ3n) is 3.64. The van der Waals surface area contributed by atoms with Crippen molar-refractivity contribution < 1.29 is 18.7 Å². The van der Waals surface area contributed by atoms with Crippen LogP contribution < -0.4 is 10.1 Å². The van der Waals surface area contributed by atoms with Crippen molar-refractivity contribution in [3.63, 3.8) is 0 Å². The molecule has 0 bridgehead atoms. The van der Waals surface area contributed by atoms with E-state index in [1.807, 2.05) is 0 Å². The van der Waals surface area contributed by atoms with E-state index in [1.54, 1.807) is 19.1 Å². The average molecular weight is 331 g/mol. The van der Waals surface area contributed by atoms with Crippen LogP contribution in [0.4, 0.5) is 10.2 Å². The number of amides is 1. The van der Waals surface area contributed by atoms with Crippen molar-refractivity contribution >= 4 is 11.7 Å². The Morgan fingerprint density at radius 1 is 1.46 bits per heavy atom. The van der Waals surface area contributed by atoms with E-state index in [0.29, 0.717) is 30.6 Å². The zero-order valence-corrected chi connectivity index (χ0v) is 13.3. The zero-order chi connectivity index (χ0) is 16.9. The fraction of sp³-hybridized carbons (Fsp3) is 0.353. The lowest BCUT2D eigenvalue weighted by atomic mass is 10.1. The van der Waals surface area contributed by atoms with E-state index in [-0.39, 0.29) is 11.5 Å². The summed E-state index contributed by atoms with van der Waals surface area (Å²) in [7, 11) is 0. The Morgan fingerprint density at radius 2 is 2.33 bits per heavy atom. The molecule has 0 saturated carbocycles. The van der Waals surface area contributed by atoms with Gasteiger partial charge in [-0.05, 0) is 25.5 Å². The second kappa shape index (κ2) is 7.35. The van der Waals surface area contributed by atoms with Crippen LogP contribution in [-0.4, -0.2) is 35.7 Å². The summed E-state index contributed by atoms with van der Waals surface area (Å²) in [6, 6.07) is 5.98. The molecule has 7 heteroatoms. The van der Waals surface area contributed by atoms with Gasteiger partial charge in [-0.25, -0.2) is 14.4 Å². The van der Waals surface area contributed by atoms with Gasteiger partial charge in [-0.15, -0.1) is 0 Å². The number of carbonyl (C=O) groups excluding carboxylic acids is 1. The topological polar surface area (TPSA) is 73.3 Å². The summed E-state index contributed by atoms with van der Waals surface area (Å²) in [6.45, 7) is 3.80. The van der Waals surface area contributed by atoms with Crippen molar-refractivity contribution in [2.75, 3.05) is 25.1 Å². The van der Waals surface area contributed by atoms with E-state index in [4.69, 9.17) is 9.47 Å². The third kappa shape index (κ3) is 4.26. The smallest absolute Gasteiger partial charge is 0.275 e. The number of aromatic nitrogens is 2. The van der Waals surface area contributed by atoms with Gasteiger partial charge in [0.2, 0.25) is 0 Å². The highest BCUT2D eigenvalue weighted by Gasteiger charge is 2.17. The number of aryl methyl sites for hydroxylation is 1. The van der Waals surface area contributed by atoms with Gasteiger partial charge in [0.25, 0.3) is 5.91 Å². The van der Waals surface area contributed by atoms with Crippen LogP contribution in [0.5, 0.6) is 5.75 Å². The summed E-state index contributed by atoms with van der Waals surface area (Å²) in [5.41, 5.74) is 0.895. The maximum atomic E-state index is 12.9. The standard InChI is InChI=1S/C17H18FN3O3/c1-11-6-14(24-10-12-4-5-23-9-12)7-15(20-11)17(22)21-16-3-2-13(18)8-19-16/h2-3,6-8,12H,4-5,9-10H2,1H3,(H,19,21,22)/t12-/m1/s1. The molecule has 0 unspecified atom stereocenters. The van der Waals surface area contributed by atoms with Crippen molar-refractivity contribution in [1.29, 1.82) is 0 Å². The first kappa shape index (κ1) is 16.3. The minimum absolute atomic E-state index is 0.221. The molecule has 2 aromatic heterocycles. The number of hydrogen-bond acceptors (Lipinski definition) is 5. The number of nitrogens with zero attached hydrogens (tertiary/aromatic N) is 2. The molecule has 1 aliphatic rings. The summed E-state index contributed by atoms with van der Waals surface area (Å²) >= 11 is 0. The highest BCUT2D eigenvalue weighted by molar-refractivity contribution is 6.02. The Balaban J connectivity index is 1.67. The molecular formula is C17H18FN3O3. The fourth-order valence-corrected chi connectivity index (χ4v) is 2.40. The fourth-order valence-electron chi connectivity index (χ4n) is 2.40. The maximum absolute atomic E-state index is 12.9.